The van der Waals surface area contributed by atoms with Gasteiger partial charge in [0, 0.05) is 23.4 Å². The third-order valence-corrected chi connectivity index (χ3v) is 2.87. The van der Waals surface area contributed by atoms with Gasteiger partial charge >= 0.3 is 5.97 Å². The molecule has 0 fully saturated rings. The molecule has 1 aromatic carbocycles. The number of hydrogen-bond donors (Lipinski definition) is 1. The van der Waals surface area contributed by atoms with Gasteiger partial charge in [-0.1, -0.05) is 23.7 Å². The summed E-state index contributed by atoms with van der Waals surface area (Å²) in [5, 5.41) is 13.2. The van der Waals surface area contributed by atoms with E-state index in [4.69, 9.17) is 21.2 Å². The topological polar surface area (TPSA) is 76.2 Å². The van der Waals surface area contributed by atoms with Crippen LogP contribution in [0.4, 0.5) is 0 Å². The fraction of sp³-hybridized carbons (Fsp3) is 0.308. The highest BCUT2D eigenvalue weighted by Crippen LogP contribution is 2.19. The number of hydrogen-bond acceptors (Lipinski definition) is 4. The van der Waals surface area contributed by atoms with Crippen molar-refractivity contribution in [3.05, 3.63) is 35.2 Å². The number of halogens is 1. The van der Waals surface area contributed by atoms with Crippen LogP contribution in [0.25, 0.3) is 11.4 Å². The van der Waals surface area contributed by atoms with Gasteiger partial charge in [-0.3, -0.25) is 4.79 Å². The lowest BCUT2D eigenvalue weighted by atomic mass is 10.0. The highest BCUT2D eigenvalue weighted by atomic mass is 35.5. The summed E-state index contributed by atoms with van der Waals surface area (Å²) in [7, 11) is 0. The molecule has 0 bridgehead atoms. The SMILES string of the molecule is CC(CC(=O)O)Cc1nc(-c2ccc(Cl)cc2)no1. The molecule has 0 spiro atoms. The first-order valence-corrected chi connectivity index (χ1v) is 6.22. The molecular weight excluding hydrogens is 268 g/mol. The Balaban J connectivity index is 2.06. The maximum Gasteiger partial charge on any atom is 0.303 e. The molecule has 1 heterocycles. The molecule has 5 nitrogen and oxygen atoms in total. The van der Waals surface area contributed by atoms with E-state index in [2.05, 4.69) is 10.1 Å². The predicted molar refractivity (Wildman–Crippen MR) is 69.9 cm³/mol. The van der Waals surface area contributed by atoms with E-state index in [1.807, 2.05) is 6.92 Å². The second-order valence-corrected chi connectivity index (χ2v) is 4.86. The fourth-order valence-corrected chi connectivity index (χ4v) is 1.85. The van der Waals surface area contributed by atoms with E-state index in [-0.39, 0.29) is 12.3 Å². The number of nitrogens with zero attached hydrogens (tertiary/aromatic N) is 2. The average molecular weight is 281 g/mol. The van der Waals surface area contributed by atoms with E-state index < -0.39 is 5.97 Å². The Hall–Kier alpha value is -1.88. The normalized spacial score (nSPS) is 12.3. The minimum absolute atomic E-state index is 0.0454. The molecule has 0 aliphatic rings. The Bertz CT molecular complexity index is 566. The summed E-state index contributed by atoms with van der Waals surface area (Å²) in [6.07, 6.45) is 0.533. The summed E-state index contributed by atoms with van der Waals surface area (Å²) in [6.45, 7) is 1.83. The van der Waals surface area contributed by atoms with E-state index in [0.717, 1.165) is 5.56 Å². The Kier molecular flexibility index (Phi) is 4.16. The van der Waals surface area contributed by atoms with E-state index in [0.29, 0.717) is 23.2 Å². The second-order valence-electron chi connectivity index (χ2n) is 4.43. The standard InChI is InChI=1S/C13H13ClN2O3/c1-8(7-12(17)18)6-11-15-13(16-19-11)9-2-4-10(14)5-3-9/h2-5,8H,6-7H2,1H3,(H,17,18). The van der Waals surface area contributed by atoms with Crippen LogP contribution in [0, 0.1) is 5.92 Å². The minimum Gasteiger partial charge on any atom is -0.481 e. The molecule has 19 heavy (non-hydrogen) atoms. The Labute approximate surface area is 115 Å². The van der Waals surface area contributed by atoms with Crippen molar-refractivity contribution in [3.8, 4) is 11.4 Å². The van der Waals surface area contributed by atoms with Crippen LogP contribution in [0.1, 0.15) is 19.2 Å². The van der Waals surface area contributed by atoms with Crippen molar-refractivity contribution in [2.45, 2.75) is 19.8 Å². The first-order chi connectivity index (χ1) is 9.04. The quantitative estimate of drug-likeness (QED) is 0.911. The number of carboxylic acid groups (broad SMARTS) is 1. The van der Waals surface area contributed by atoms with Gasteiger partial charge in [0.1, 0.15) is 0 Å². The average Bonchev–Trinajstić information content (AvgIpc) is 2.77. The van der Waals surface area contributed by atoms with Crippen molar-refractivity contribution in [3.63, 3.8) is 0 Å². The molecule has 0 amide bonds. The van der Waals surface area contributed by atoms with Gasteiger partial charge in [-0.2, -0.15) is 4.98 Å². The van der Waals surface area contributed by atoms with Crippen LogP contribution in [0.5, 0.6) is 0 Å². The van der Waals surface area contributed by atoms with Crippen LogP contribution < -0.4 is 0 Å². The van der Waals surface area contributed by atoms with Crippen LogP contribution in [-0.4, -0.2) is 21.2 Å². The van der Waals surface area contributed by atoms with Gasteiger partial charge in [0.25, 0.3) is 0 Å². The Morgan fingerprint density at radius 2 is 2.11 bits per heavy atom. The summed E-state index contributed by atoms with van der Waals surface area (Å²) in [4.78, 5) is 14.8. The molecule has 1 atom stereocenters. The summed E-state index contributed by atoms with van der Waals surface area (Å²) < 4.78 is 5.11. The molecule has 0 saturated carbocycles. The van der Waals surface area contributed by atoms with E-state index in [1.54, 1.807) is 24.3 Å². The zero-order chi connectivity index (χ0) is 13.8. The van der Waals surface area contributed by atoms with Crippen LogP contribution in [0.3, 0.4) is 0 Å². The van der Waals surface area contributed by atoms with Gasteiger partial charge in [-0.15, -0.1) is 0 Å². The third-order valence-electron chi connectivity index (χ3n) is 2.62. The van der Waals surface area contributed by atoms with Crippen molar-refractivity contribution in [2.24, 2.45) is 5.92 Å². The number of rotatable bonds is 5. The van der Waals surface area contributed by atoms with Crippen molar-refractivity contribution in [1.82, 2.24) is 10.1 Å². The van der Waals surface area contributed by atoms with Gasteiger partial charge in [-0.25, -0.2) is 0 Å². The monoisotopic (exact) mass is 280 g/mol. The Morgan fingerprint density at radius 3 is 2.74 bits per heavy atom. The summed E-state index contributed by atoms with van der Waals surface area (Å²) in [5.41, 5.74) is 0.810. The lowest BCUT2D eigenvalue weighted by Gasteiger charge is -2.03. The molecule has 1 unspecified atom stereocenters. The third kappa shape index (κ3) is 3.79. The van der Waals surface area contributed by atoms with Crippen molar-refractivity contribution < 1.29 is 14.4 Å². The van der Waals surface area contributed by atoms with Gasteiger partial charge in [0.05, 0.1) is 0 Å². The molecule has 100 valence electrons. The minimum atomic E-state index is -0.829. The largest absolute Gasteiger partial charge is 0.481 e. The fourth-order valence-electron chi connectivity index (χ4n) is 1.72. The molecule has 6 heteroatoms. The van der Waals surface area contributed by atoms with Crippen LogP contribution in [-0.2, 0) is 11.2 Å². The first-order valence-electron chi connectivity index (χ1n) is 5.85. The molecule has 0 aliphatic carbocycles. The highest BCUT2D eigenvalue weighted by Gasteiger charge is 2.14. The number of benzene rings is 1. The smallest absolute Gasteiger partial charge is 0.303 e. The molecular formula is C13H13ClN2O3. The lowest BCUT2D eigenvalue weighted by Crippen LogP contribution is -2.07. The zero-order valence-corrected chi connectivity index (χ0v) is 11.1. The van der Waals surface area contributed by atoms with Crippen molar-refractivity contribution in [2.75, 3.05) is 0 Å². The second kappa shape index (κ2) is 5.84. The number of carbonyl (C=O) groups is 1. The van der Waals surface area contributed by atoms with Crippen LogP contribution >= 0.6 is 11.6 Å². The number of aromatic nitrogens is 2. The number of carboxylic acids is 1. The summed E-state index contributed by atoms with van der Waals surface area (Å²) in [5.74, 6) is 0.0499. The molecule has 0 radical (unpaired) electrons. The lowest BCUT2D eigenvalue weighted by molar-refractivity contribution is -0.137. The molecule has 1 aromatic heterocycles. The summed E-state index contributed by atoms with van der Waals surface area (Å²) in [6, 6.07) is 7.11. The van der Waals surface area contributed by atoms with Crippen LogP contribution in [0.15, 0.2) is 28.8 Å². The Morgan fingerprint density at radius 1 is 1.42 bits per heavy atom. The molecule has 0 saturated heterocycles. The maximum atomic E-state index is 10.6. The van der Waals surface area contributed by atoms with E-state index >= 15 is 0 Å². The van der Waals surface area contributed by atoms with Crippen molar-refractivity contribution >= 4 is 17.6 Å². The van der Waals surface area contributed by atoms with Gasteiger partial charge in [0.15, 0.2) is 0 Å². The highest BCUT2D eigenvalue weighted by molar-refractivity contribution is 6.30. The van der Waals surface area contributed by atoms with Crippen molar-refractivity contribution in [1.29, 1.82) is 0 Å². The predicted octanol–water partition coefficient (Wildman–Crippen LogP) is 3.04. The van der Waals surface area contributed by atoms with Gasteiger partial charge in [-0.05, 0) is 30.2 Å². The first kappa shape index (κ1) is 13.5. The molecule has 1 N–H and O–H groups in total. The molecule has 2 rings (SSSR count). The van der Waals surface area contributed by atoms with E-state index in [1.165, 1.54) is 0 Å². The van der Waals surface area contributed by atoms with Gasteiger partial charge in [0.2, 0.25) is 11.7 Å². The van der Waals surface area contributed by atoms with Gasteiger partial charge < -0.3 is 9.63 Å². The van der Waals surface area contributed by atoms with E-state index in [9.17, 15) is 4.79 Å². The number of aliphatic carboxylic acids is 1. The summed E-state index contributed by atoms with van der Waals surface area (Å²) >= 11 is 5.80. The molecule has 2 aromatic rings. The maximum absolute atomic E-state index is 10.6. The van der Waals surface area contributed by atoms with Crippen LogP contribution in [0.2, 0.25) is 5.02 Å². The molecule has 0 aliphatic heterocycles. The zero-order valence-electron chi connectivity index (χ0n) is 10.3.